The van der Waals surface area contributed by atoms with Gasteiger partial charge < -0.3 is 34.9 Å². The number of anilines is 1. The van der Waals surface area contributed by atoms with Crippen molar-refractivity contribution in [2.24, 2.45) is 11.8 Å². The van der Waals surface area contributed by atoms with E-state index in [1.54, 1.807) is 24.3 Å². The van der Waals surface area contributed by atoms with Gasteiger partial charge in [0, 0.05) is 31.9 Å². The second-order valence-corrected chi connectivity index (χ2v) is 10.7. The molecule has 4 fully saturated rings. The van der Waals surface area contributed by atoms with Gasteiger partial charge in [0.2, 0.25) is 17.7 Å². The fourth-order valence-electron chi connectivity index (χ4n) is 6.78. The third-order valence-corrected chi connectivity index (χ3v) is 8.63. The smallest absolute Gasteiger partial charge is 0.245 e. The van der Waals surface area contributed by atoms with Crippen LogP contribution in [0.15, 0.2) is 24.3 Å². The van der Waals surface area contributed by atoms with Crippen molar-refractivity contribution in [2.75, 3.05) is 57.9 Å². The van der Waals surface area contributed by atoms with Gasteiger partial charge in [-0.2, -0.15) is 0 Å². The number of ether oxygens (including phenoxy) is 3. The van der Waals surface area contributed by atoms with Crippen LogP contribution in [0.4, 0.5) is 5.69 Å². The molecule has 0 radical (unpaired) electrons. The number of nitrogens with zero attached hydrogens (tertiary/aromatic N) is 2. The molecule has 4 saturated heterocycles. The Morgan fingerprint density at radius 3 is 2.59 bits per heavy atom. The molecule has 4 aliphatic rings. The molecule has 3 N–H and O–H groups in total. The van der Waals surface area contributed by atoms with Crippen LogP contribution in [-0.2, 0) is 23.9 Å². The molecule has 1 aromatic rings. The van der Waals surface area contributed by atoms with Crippen molar-refractivity contribution < 1.29 is 33.7 Å². The molecule has 5 rings (SSSR count). The van der Waals surface area contributed by atoms with Gasteiger partial charge in [0.05, 0.1) is 50.4 Å². The summed E-state index contributed by atoms with van der Waals surface area (Å²) in [6.07, 6.45) is 1.14. The summed E-state index contributed by atoms with van der Waals surface area (Å²) in [5.41, 5.74) is -0.490. The zero-order valence-electron chi connectivity index (χ0n) is 22.8. The average Bonchev–Trinajstić information content (AvgIpc) is 3.59. The molecule has 0 aliphatic carbocycles. The monoisotopic (exact) mass is 544 g/mol. The van der Waals surface area contributed by atoms with Crippen LogP contribution in [0.2, 0.25) is 0 Å². The fraction of sp³-hybridized carbons (Fsp3) is 0.679. The topological polar surface area (TPSA) is 130 Å². The van der Waals surface area contributed by atoms with Crippen LogP contribution in [-0.4, -0.2) is 109 Å². The van der Waals surface area contributed by atoms with Crippen molar-refractivity contribution in [2.45, 2.75) is 56.9 Å². The minimum absolute atomic E-state index is 0.269. The van der Waals surface area contributed by atoms with Gasteiger partial charge in [0.15, 0.2) is 0 Å². The summed E-state index contributed by atoms with van der Waals surface area (Å²) >= 11 is 0. The molecule has 214 valence electrons. The molecule has 39 heavy (non-hydrogen) atoms. The van der Waals surface area contributed by atoms with E-state index in [-0.39, 0.29) is 24.3 Å². The normalized spacial score (nSPS) is 30.7. The summed E-state index contributed by atoms with van der Waals surface area (Å²) in [6.45, 7) is 8.14. The quantitative estimate of drug-likeness (QED) is 0.370. The number of fused-ring (bicyclic) bond motifs is 1. The second-order valence-electron chi connectivity index (χ2n) is 10.7. The summed E-state index contributed by atoms with van der Waals surface area (Å²) in [5.74, 6) is -1.68. The van der Waals surface area contributed by atoms with E-state index in [1.165, 1.54) is 4.90 Å². The number of rotatable bonds is 11. The SMILES string of the molecule is CCOc1ccc(NC(=O)[C@@H]2[C@@H]3CCC4(O3)C(C(=O)NCCN3CCOCC3)N([C@@H](CC)CO)C(=O)[C@H]24)cc1. The Kier molecular flexibility index (Phi) is 8.41. The van der Waals surface area contributed by atoms with Gasteiger partial charge in [-0.05, 0) is 50.5 Å². The fourth-order valence-corrected chi connectivity index (χ4v) is 6.78. The maximum Gasteiger partial charge on any atom is 0.245 e. The largest absolute Gasteiger partial charge is 0.494 e. The summed E-state index contributed by atoms with van der Waals surface area (Å²) in [5, 5.41) is 16.1. The molecule has 1 spiro atoms. The second kappa shape index (κ2) is 11.8. The predicted molar refractivity (Wildman–Crippen MR) is 142 cm³/mol. The molecule has 4 heterocycles. The molecular weight excluding hydrogens is 504 g/mol. The number of hydrogen-bond donors (Lipinski definition) is 3. The van der Waals surface area contributed by atoms with E-state index in [2.05, 4.69) is 15.5 Å². The van der Waals surface area contributed by atoms with Crippen molar-refractivity contribution in [1.29, 1.82) is 0 Å². The molecule has 4 aliphatic heterocycles. The van der Waals surface area contributed by atoms with Gasteiger partial charge >= 0.3 is 0 Å². The van der Waals surface area contributed by atoms with Crippen molar-refractivity contribution in [1.82, 2.24) is 15.1 Å². The van der Waals surface area contributed by atoms with E-state index < -0.39 is 35.6 Å². The Balaban J connectivity index is 1.35. The number of benzene rings is 1. The molecular formula is C28H40N4O7. The highest BCUT2D eigenvalue weighted by Crippen LogP contribution is 2.59. The van der Waals surface area contributed by atoms with Crippen LogP contribution in [0.1, 0.15) is 33.1 Å². The lowest BCUT2D eigenvalue weighted by Crippen LogP contribution is -2.58. The predicted octanol–water partition coefficient (Wildman–Crippen LogP) is 0.618. The molecule has 0 aromatic heterocycles. The number of aliphatic hydroxyl groups excluding tert-OH is 1. The molecule has 11 heteroatoms. The molecule has 11 nitrogen and oxygen atoms in total. The Hall–Kier alpha value is -2.73. The van der Waals surface area contributed by atoms with E-state index in [9.17, 15) is 19.5 Å². The van der Waals surface area contributed by atoms with Crippen LogP contribution in [0, 0.1) is 11.8 Å². The van der Waals surface area contributed by atoms with Gasteiger partial charge in [-0.3, -0.25) is 19.3 Å². The number of carbonyl (C=O) groups is 3. The van der Waals surface area contributed by atoms with Gasteiger partial charge in [-0.1, -0.05) is 6.92 Å². The first-order chi connectivity index (χ1) is 18.9. The highest BCUT2D eigenvalue weighted by Gasteiger charge is 2.75. The van der Waals surface area contributed by atoms with E-state index in [0.717, 1.165) is 13.1 Å². The average molecular weight is 545 g/mol. The van der Waals surface area contributed by atoms with Crippen LogP contribution >= 0.6 is 0 Å². The maximum absolute atomic E-state index is 14.0. The summed E-state index contributed by atoms with van der Waals surface area (Å²) in [4.78, 5) is 45.0. The molecule has 1 aromatic carbocycles. The van der Waals surface area contributed by atoms with Gasteiger partial charge in [-0.15, -0.1) is 0 Å². The van der Waals surface area contributed by atoms with E-state index in [1.807, 2.05) is 13.8 Å². The number of amides is 3. The lowest BCUT2D eigenvalue weighted by atomic mass is 9.70. The molecule has 3 amide bonds. The number of carbonyl (C=O) groups excluding carboxylic acids is 3. The molecule has 0 saturated carbocycles. The summed E-state index contributed by atoms with van der Waals surface area (Å²) in [7, 11) is 0. The molecule has 6 atom stereocenters. The minimum Gasteiger partial charge on any atom is -0.494 e. The Labute approximate surface area is 229 Å². The zero-order valence-corrected chi connectivity index (χ0v) is 22.8. The highest BCUT2D eigenvalue weighted by molar-refractivity contribution is 6.02. The Bertz CT molecular complexity index is 1040. The van der Waals surface area contributed by atoms with Crippen molar-refractivity contribution in [3.8, 4) is 5.75 Å². The Morgan fingerprint density at radius 1 is 1.18 bits per heavy atom. The Morgan fingerprint density at radius 2 is 1.92 bits per heavy atom. The number of hydrogen-bond acceptors (Lipinski definition) is 8. The number of aliphatic hydroxyl groups is 1. The molecule has 2 bridgehead atoms. The lowest BCUT2D eigenvalue weighted by Gasteiger charge is -2.36. The number of likely N-dealkylation sites (tertiary alicyclic amines) is 1. The summed E-state index contributed by atoms with van der Waals surface area (Å²) in [6, 6.07) is 5.66. The zero-order chi connectivity index (χ0) is 27.6. The van der Waals surface area contributed by atoms with E-state index in [0.29, 0.717) is 63.6 Å². The highest BCUT2D eigenvalue weighted by atomic mass is 16.5. The van der Waals surface area contributed by atoms with Crippen LogP contribution in [0.3, 0.4) is 0 Å². The van der Waals surface area contributed by atoms with Gasteiger partial charge in [0.25, 0.3) is 0 Å². The third kappa shape index (κ3) is 5.13. The maximum atomic E-state index is 14.0. The summed E-state index contributed by atoms with van der Waals surface area (Å²) < 4.78 is 17.3. The van der Waals surface area contributed by atoms with E-state index in [4.69, 9.17) is 14.2 Å². The van der Waals surface area contributed by atoms with Crippen LogP contribution in [0.25, 0.3) is 0 Å². The van der Waals surface area contributed by atoms with Crippen molar-refractivity contribution in [3.63, 3.8) is 0 Å². The van der Waals surface area contributed by atoms with Gasteiger partial charge in [-0.25, -0.2) is 0 Å². The van der Waals surface area contributed by atoms with Gasteiger partial charge in [0.1, 0.15) is 17.4 Å². The van der Waals surface area contributed by atoms with Crippen LogP contribution in [0.5, 0.6) is 5.75 Å². The van der Waals surface area contributed by atoms with E-state index >= 15 is 0 Å². The standard InChI is InChI=1S/C28H40N4O7/c1-3-19(17-33)32-24(26(35)29-11-12-31-13-15-37-16-14-31)28-10-9-21(39-28)22(23(28)27(32)36)25(34)30-18-5-7-20(8-6-18)38-4-2/h5-8,19,21-24,33H,3-4,9-17H2,1-2H3,(H,29,35)(H,30,34)/t19-,21-,22+,23-,24?,28?/m0/s1. The minimum atomic E-state index is -1.09. The lowest BCUT2D eigenvalue weighted by molar-refractivity contribution is -0.145. The first-order valence-corrected chi connectivity index (χ1v) is 14.2. The number of morpholine rings is 1. The first-order valence-electron chi connectivity index (χ1n) is 14.2. The first kappa shape index (κ1) is 27.8. The van der Waals surface area contributed by atoms with Crippen LogP contribution < -0.4 is 15.4 Å². The van der Waals surface area contributed by atoms with Crippen molar-refractivity contribution >= 4 is 23.4 Å². The molecule has 2 unspecified atom stereocenters. The number of nitrogens with one attached hydrogen (secondary N) is 2. The third-order valence-electron chi connectivity index (χ3n) is 8.63. The van der Waals surface area contributed by atoms with Crippen molar-refractivity contribution in [3.05, 3.63) is 24.3 Å².